The first-order valence-corrected chi connectivity index (χ1v) is 14.8. The summed E-state index contributed by atoms with van der Waals surface area (Å²) in [4.78, 5) is 29.0. The van der Waals surface area contributed by atoms with Crippen LogP contribution in [0.2, 0.25) is 0 Å². The number of anilines is 1. The third-order valence-corrected chi connectivity index (χ3v) is 8.60. The molecule has 0 aliphatic rings. The van der Waals surface area contributed by atoms with Crippen molar-refractivity contribution in [3.63, 3.8) is 0 Å². The quantitative estimate of drug-likeness (QED) is 0.336. The van der Waals surface area contributed by atoms with Gasteiger partial charge in [0.2, 0.25) is 11.8 Å². The number of rotatable bonds is 12. The van der Waals surface area contributed by atoms with Crippen LogP contribution in [0.1, 0.15) is 50.3 Å². The average Bonchev–Trinajstić information content (AvgIpc) is 2.93. The summed E-state index contributed by atoms with van der Waals surface area (Å²) in [5.41, 5.74) is 2.88. The zero-order valence-corrected chi connectivity index (χ0v) is 24.2. The summed E-state index contributed by atoms with van der Waals surface area (Å²) in [5, 5.41) is 2.99. The van der Waals surface area contributed by atoms with Crippen molar-refractivity contribution in [3.8, 4) is 0 Å². The summed E-state index contributed by atoms with van der Waals surface area (Å²) < 4.78 is 29.1. The summed E-state index contributed by atoms with van der Waals surface area (Å²) >= 11 is 0. The molecule has 1 N–H and O–H groups in total. The molecule has 39 heavy (non-hydrogen) atoms. The van der Waals surface area contributed by atoms with E-state index in [-0.39, 0.29) is 23.4 Å². The Labute approximate surface area is 232 Å². The van der Waals surface area contributed by atoms with E-state index in [4.69, 9.17) is 0 Å². The largest absolute Gasteiger partial charge is 0.352 e. The van der Waals surface area contributed by atoms with Crippen LogP contribution < -0.4 is 9.62 Å². The number of nitrogens with zero attached hydrogens (tertiary/aromatic N) is 2. The van der Waals surface area contributed by atoms with E-state index < -0.39 is 28.5 Å². The van der Waals surface area contributed by atoms with Crippen LogP contribution in [0.4, 0.5) is 5.69 Å². The van der Waals surface area contributed by atoms with E-state index in [0.717, 1.165) is 23.1 Å². The van der Waals surface area contributed by atoms with Gasteiger partial charge in [-0.1, -0.05) is 74.5 Å². The Bertz CT molecular complexity index is 1360. The standard InChI is InChI=1S/C31H39N3O4S/c1-6-25(5)32-31(36)28(7-2)33(21-26-14-10-8-11-15-26)30(35)22-34(29-20-23(3)18-19-24(29)4)39(37,38)27-16-12-9-13-17-27/h8-20,25,28H,6-7,21-22H2,1-5H3,(H,32,36)/t25-,28+/m0/s1. The van der Waals surface area contributed by atoms with Gasteiger partial charge >= 0.3 is 0 Å². The predicted octanol–water partition coefficient (Wildman–Crippen LogP) is 5.22. The monoisotopic (exact) mass is 549 g/mol. The fourth-order valence-electron chi connectivity index (χ4n) is 4.36. The van der Waals surface area contributed by atoms with Gasteiger partial charge in [0.05, 0.1) is 10.6 Å². The molecule has 0 aliphatic heterocycles. The van der Waals surface area contributed by atoms with Crippen LogP contribution in [0, 0.1) is 13.8 Å². The molecular weight excluding hydrogens is 510 g/mol. The lowest BCUT2D eigenvalue weighted by Gasteiger charge is -2.34. The van der Waals surface area contributed by atoms with E-state index >= 15 is 0 Å². The maximum absolute atomic E-state index is 14.1. The van der Waals surface area contributed by atoms with Crippen LogP contribution in [0.5, 0.6) is 0 Å². The normalized spacial score (nSPS) is 12.8. The molecule has 3 rings (SSSR count). The van der Waals surface area contributed by atoms with Crippen molar-refractivity contribution < 1.29 is 18.0 Å². The topological polar surface area (TPSA) is 86.8 Å². The highest BCUT2D eigenvalue weighted by Gasteiger charge is 2.34. The van der Waals surface area contributed by atoms with Gasteiger partial charge in [0, 0.05) is 12.6 Å². The fourth-order valence-corrected chi connectivity index (χ4v) is 5.85. The highest BCUT2D eigenvalue weighted by molar-refractivity contribution is 7.92. The number of benzene rings is 3. The first-order valence-electron chi connectivity index (χ1n) is 13.4. The second-order valence-corrected chi connectivity index (χ2v) is 11.7. The minimum Gasteiger partial charge on any atom is -0.352 e. The summed E-state index contributed by atoms with van der Waals surface area (Å²) in [6.07, 6.45) is 1.14. The highest BCUT2D eigenvalue weighted by Crippen LogP contribution is 2.28. The molecule has 2 amide bonds. The minimum absolute atomic E-state index is 0.0508. The van der Waals surface area contributed by atoms with Gasteiger partial charge in [-0.15, -0.1) is 0 Å². The molecule has 3 aromatic carbocycles. The lowest BCUT2D eigenvalue weighted by atomic mass is 10.1. The molecule has 0 aromatic heterocycles. The molecule has 0 unspecified atom stereocenters. The molecule has 2 atom stereocenters. The van der Waals surface area contributed by atoms with Gasteiger partial charge in [-0.05, 0) is 68.5 Å². The Hall–Kier alpha value is -3.65. The highest BCUT2D eigenvalue weighted by atomic mass is 32.2. The van der Waals surface area contributed by atoms with Crippen molar-refractivity contribution >= 4 is 27.5 Å². The summed E-state index contributed by atoms with van der Waals surface area (Å²) in [5.74, 6) is -0.703. The number of aryl methyl sites for hydroxylation is 2. The molecule has 0 radical (unpaired) electrons. The smallest absolute Gasteiger partial charge is 0.264 e. The Morgan fingerprint density at radius 2 is 1.49 bits per heavy atom. The van der Waals surface area contributed by atoms with Gasteiger partial charge in [0.15, 0.2) is 0 Å². The van der Waals surface area contributed by atoms with Crippen LogP contribution in [0.3, 0.4) is 0 Å². The van der Waals surface area contributed by atoms with Gasteiger partial charge < -0.3 is 10.2 Å². The second-order valence-electron chi connectivity index (χ2n) is 9.86. The summed E-state index contributed by atoms with van der Waals surface area (Å²) in [6.45, 7) is 9.20. The van der Waals surface area contributed by atoms with E-state index in [9.17, 15) is 18.0 Å². The van der Waals surface area contributed by atoms with Crippen LogP contribution in [0.15, 0.2) is 83.8 Å². The molecule has 7 nitrogen and oxygen atoms in total. The number of hydrogen-bond donors (Lipinski definition) is 1. The van der Waals surface area contributed by atoms with Gasteiger partial charge in [-0.2, -0.15) is 0 Å². The zero-order chi connectivity index (χ0) is 28.6. The van der Waals surface area contributed by atoms with Gasteiger partial charge in [0.1, 0.15) is 12.6 Å². The fraction of sp³-hybridized carbons (Fsp3) is 0.355. The Kier molecular flexibility index (Phi) is 10.3. The Morgan fingerprint density at radius 3 is 2.08 bits per heavy atom. The van der Waals surface area contributed by atoms with E-state index in [1.807, 2.05) is 77.1 Å². The van der Waals surface area contributed by atoms with E-state index in [1.165, 1.54) is 21.3 Å². The predicted molar refractivity (Wildman–Crippen MR) is 156 cm³/mol. The van der Waals surface area contributed by atoms with Crippen LogP contribution in [0.25, 0.3) is 0 Å². The molecule has 8 heteroatoms. The van der Waals surface area contributed by atoms with Gasteiger partial charge in [-0.3, -0.25) is 13.9 Å². The molecule has 3 aromatic rings. The number of carbonyl (C=O) groups excluding carboxylic acids is 2. The van der Waals surface area contributed by atoms with Gasteiger partial charge in [0.25, 0.3) is 10.0 Å². The van der Waals surface area contributed by atoms with E-state index in [1.54, 1.807) is 24.3 Å². The van der Waals surface area contributed by atoms with Crippen molar-refractivity contribution in [2.24, 2.45) is 0 Å². The number of hydrogen-bond acceptors (Lipinski definition) is 4. The molecule has 0 saturated heterocycles. The SMILES string of the molecule is CC[C@H](C(=O)N[C@@H](C)CC)N(Cc1ccccc1)C(=O)CN(c1cc(C)ccc1C)S(=O)(=O)c1ccccc1. The molecular formula is C31H39N3O4S. The third-order valence-electron chi connectivity index (χ3n) is 6.83. The molecule has 0 bridgehead atoms. The molecule has 0 saturated carbocycles. The van der Waals surface area contributed by atoms with Crippen molar-refractivity contribution in [2.75, 3.05) is 10.8 Å². The lowest BCUT2D eigenvalue weighted by molar-refractivity contribution is -0.140. The zero-order valence-electron chi connectivity index (χ0n) is 23.4. The molecule has 0 fully saturated rings. The maximum atomic E-state index is 14.1. The summed E-state index contributed by atoms with van der Waals surface area (Å²) in [7, 11) is -4.09. The lowest BCUT2D eigenvalue weighted by Crippen LogP contribution is -2.53. The first-order chi connectivity index (χ1) is 18.6. The van der Waals surface area contributed by atoms with Crippen LogP contribution in [-0.4, -0.2) is 43.8 Å². The molecule has 0 spiro atoms. The first kappa shape index (κ1) is 29.9. The maximum Gasteiger partial charge on any atom is 0.264 e. The third kappa shape index (κ3) is 7.47. The number of sulfonamides is 1. The second kappa shape index (κ2) is 13.4. The number of nitrogens with one attached hydrogen (secondary N) is 1. The van der Waals surface area contributed by atoms with Crippen molar-refractivity contribution in [1.29, 1.82) is 0 Å². The van der Waals surface area contributed by atoms with Crippen molar-refractivity contribution in [3.05, 3.63) is 95.6 Å². The number of amides is 2. The average molecular weight is 550 g/mol. The molecule has 208 valence electrons. The molecule has 0 heterocycles. The Morgan fingerprint density at radius 1 is 0.872 bits per heavy atom. The molecule has 0 aliphatic carbocycles. The van der Waals surface area contributed by atoms with Crippen molar-refractivity contribution in [1.82, 2.24) is 10.2 Å². The van der Waals surface area contributed by atoms with Crippen LogP contribution in [-0.2, 0) is 26.2 Å². The summed E-state index contributed by atoms with van der Waals surface area (Å²) in [6, 6.07) is 22.2. The van der Waals surface area contributed by atoms with E-state index in [2.05, 4.69) is 5.32 Å². The van der Waals surface area contributed by atoms with Crippen LogP contribution >= 0.6 is 0 Å². The number of carbonyl (C=O) groups is 2. The van der Waals surface area contributed by atoms with Gasteiger partial charge in [-0.25, -0.2) is 8.42 Å². The Balaban J connectivity index is 2.07. The minimum atomic E-state index is -4.09. The van der Waals surface area contributed by atoms with Crippen molar-refractivity contribution in [2.45, 2.75) is 71.0 Å². The van der Waals surface area contributed by atoms with E-state index in [0.29, 0.717) is 12.1 Å².